The molecule has 1 aromatic carbocycles. The van der Waals surface area contributed by atoms with E-state index < -0.39 is 14.9 Å². The fourth-order valence-corrected chi connectivity index (χ4v) is 3.87. The molecule has 110 valence electrons. The van der Waals surface area contributed by atoms with Crippen molar-refractivity contribution in [1.29, 1.82) is 0 Å². The maximum atomic E-state index is 12.1. The molecular weight excluding hydrogens is 280 g/mol. The van der Waals surface area contributed by atoms with Gasteiger partial charge in [0.05, 0.1) is 10.7 Å². The Morgan fingerprint density at radius 1 is 1.40 bits per heavy atom. The van der Waals surface area contributed by atoms with E-state index >= 15 is 0 Å². The zero-order valence-corrected chi connectivity index (χ0v) is 12.1. The number of sulfonamides is 1. The largest absolute Gasteiger partial charge is 0.273 e. The van der Waals surface area contributed by atoms with Crippen LogP contribution in [0.4, 0.5) is 5.69 Å². The van der Waals surface area contributed by atoms with Gasteiger partial charge >= 0.3 is 0 Å². The van der Waals surface area contributed by atoms with Crippen molar-refractivity contribution in [1.82, 2.24) is 4.72 Å². The number of nitro benzene ring substituents is 1. The monoisotopic (exact) mass is 298 g/mol. The number of rotatable bonds is 6. The first-order chi connectivity index (χ1) is 9.39. The van der Waals surface area contributed by atoms with Gasteiger partial charge in [-0.05, 0) is 25.7 Å². The topological polar surface area (TPSA) is 89.3 Å². The SMILES string of the molecule is C[C@H](NS(=O)(=O)Cc1ccccc1[N+](=O)[O-])C1CCC1. The second-order valence-corrected chi connectivity index (χ2v) is 7.00. The van der Waals surface area contributed by atoms with Gasteiger partial charge in [0.15, 0.2) is 0 Å². The van der Waals surface area contributed by atoms with Gasteiger partial charge in [-0.25, -0.2) is 13.1 Å². The van der Waals surface area contributed by atoms with Crippen LogP contribution in [0.5, 0.6) is 0 Å². The van der Waals surface area contributed by atoms with E-state index in [2.05, 4.69) is 4.72 Å². The zero-order valence-electron chi connectivity index (χ0n) is 11.3. The molecule has 0 radical (unpaired) electrons. The summed E-state index contributed by atoms with van der Waals surface area (Å²) in [6, 6.07) is 5.81. The summed E-state index contributed by atoms with van der Waals surface area (Å²) in [4.78, 5) is 10.3. The highest BCUT2D eigenvalue weighted by Crippen LogP contribution is 2.30. The molecule has 1 fully saturated rings. The highest BCUT2D eigenvalue weighted by molar-refractivity contribution is 7.88. The van der Waals surface area contributed by atoms with Crippen LogP contribution in [-0.2, 0) is 15.8 Å². The van der Waals surface area contributed by atoms with Crippen LogP contribution in [0.1, 0.15) is 31.7 Å². The lowest BCUT2D eigenvalue weighted by molar-refractivity contribution is -0.385. The molecule has 20 heavy (non-hydrogen) atoms. The third-order valence-corrected chi connectivity index (χ3v) is 5.18. The van der Waals surface area contributed by atoms with Crippen molar-refractivity contribution in [2.24, 2.45) is 5.92 Å². The maximum Gasteiger partial charge on any atom is 0.273 e. The van der Waals surface area contributed by atoms with E-state index in [0.29, 0.717) is 5.92 Å². The van der Waals surface area contributed by atoms with Crippen molar-refractivity contribution in [3.8, 4) is 0 Å². The van der Waals surface area contributed by atoms with E-state index in [1.165, 1.54) is 18.2 Å². The summed E-state index contributed by atoms with van der Waals surface area (Å²) in [6.45, 7) is 1.85. The number of nitrogens with one attached hydrogen (secondary N) is 1. The van der Waals surface area contributed by atoms with Crippen LogP contribution in [-0.4, -0.2) is 19.4 Å². The molecular formula is C13H18N2O4S. The molecule has 0 aromatic heterocycles. The summed E-state index contributed by atoms with van der Waals surface area (Å²) in [5, 5.41) is 10.9. The van der Waals surface area contributed by atoms with Crippen LogP contribution in [0.15, 0.2) is 24.3 Å². The van der Waals surface area contributed by atoms with Crippen molar-refractivity contribution in [3.63, 3.8) is 0 Å². The minimum Gasteiger partial charge on any atom is -0.258 e. The second kappa shape index (κ2) is 5.88. The first kappa shape index (κ1) is 14.9. The third-order valence-electron chi connectivity index (χ3n) is 3.76. The number of hydrogen-bond donors (Lipinski definition) is 1. The molecule has 0 saturated heterocycles. The quantitative estimate of drug-likeness (QED) is 0.644. The van der Waals surface area contributed by atoms with Gasteiger partial charge < -0.3 is 0 Å². The van der Waals surface area contributed by atoms with E-state index in [0.717, 1.165) is 19.3 Å². The molecule has 1 aliphatic carbocycles. The normalized spacial score (nSPS) is 17.4. The van der Waals surface area contributed by atoms with Crippen LogP contribution in [0.2, 0.25) is 0 Å². The summed E-state index contributed by atoms with van der Waals surface area (Å²) < 4.78 is 26.8. The van der Waals surface area contributed by atoms with Gasteiger partial charge in [-0.1, -0.05) is 24.6 Å². The molecule has 1 aliphatic rings. The highest BCUT2D eigenvalue weighted by atomic mass is 32.2. The second-order valence-electron chi connectivity index (χ2n) is 5.24. The smallest absolute Gasteiger partial charge is 0.258 e. The Kier molecular flexibility index (Phi) is 4.39. The van der Waals surface area contributed by atoms with Gasteiger partial charge in [0.25, 0.3) is 5.69 Å². The van der Waals surface area contributed by atoms with Crippen molar-refractivity contribution in [2.45, 2.75) is 38.0 Å². The van der Waals surface area contributed by atoms with Gasteiger partial charge in [0, 0.05) is 17.7 Å². The van der Waals surface area contributed by atoms with Crippen LogP contribution in [0.3, 0.4) is 0 Å². The van der Waals surface area contributed by atoms with Gasteiger partial charge in [-0.15, -0.1) is 0 Å². The summed E-state index contributed by atoms with van der Waals surface area (Å²) in [6.07, 6.45) is 3.21. The first-order valence-electron chi connectivity index (χ1n) is 6.61. The zero-order chi connectivity index (χ0) is 14.8. The summed E-state index contributed by atoms with van der Waals surface area (Å²) in [5.41, 5.74) is 0.0555. The Labute approximate surface area is 118 Å². The van der Waals surface area contributed by atoms with Gasteiger partial charge in [0.1, 0.15) is 0 Å². The lowest BCUT2D eigenvalue weighted by Gasteiger charge is -2.31. The van der Waals surface area contributed by atoms with Gasteiger partial charge in [0.2, 0.25) is 10.0 Å². The molecule has 0 bridgehead atoms. The molecule has 0 spiro atoms. The Hall–Kier alpha value is -1.47. The molecule has 1 atom stereocenters. The predicted molar refractivity (Wildman–Crippen MR) is 75.7 cm³/mol. The van der Waals surface area contributed by atoms with E-state index in [9.17, 15) is 18.5 Å². The van der Waals surface area contributed by atoms with Crippen LogP contribution < -0.4 is 4.72 Å². The third kappa shape index (κ3) is 3.55. The lowest BCUT2D eigenvalue weighted by atomic mass is 9.81. The molecule has 0 amide bonds. The highest BCUT2D eigenvalue weighted by Gasteiger charge is 2.28. The number of hydrogen-bond acceptors (Lipinski definition) is 4. The fraction of sp³-hybridized carbons (Fsp3) is 0.538. The van der Waals surface area contributed by atoms with Crippen LogP contribution >= 0.6 is 0 Å². The average Bonchev–Trinajstić information content (AvgIpc) is 2.25. The van der Waals surface area contributed by atoms with Crippen molar-refractivity contribution in [3.05, 3.63) is 39.9 Å². The molecule has 0 heterocycles. The van der Waals surface area contributed by atoms with E-state index in [4.69, 9.17) is 0 Å². The van der Waals surface area contributed by atoms with E-state index in [1.54, 1.807) is 6.07 Å². The molecule has 0 aliphatic heterocycles. The Morgan fingerprint density at radius 3 is 2.60 bits per heavy atom. The molecule has 0 unspecified atom stereocenters. The summed E-state index contributed by atoms with van der Waals surface area (Å²) in [5.74, 6) is 0.0248. The Morgan fingerprint density at radius 2 is 2.05 bits per heavy atom. The van der Waals surface area contributed by atoms with Crippen LogP contribution in [0.25, 0.3) is 0 Å². The number of nitro groups is 1. The lowest BCUT2D eigenvalue weighted by Crippen LogP contribution is -2.41. The summed E-state index contributed by atoms with van der Waals surface area (Å²) >= 11 is 0. The van der Waals surface area contributed by atoms with Gasteiger partial charge in [-0.2, -0.15) is 0 Å². The van der Waals surface area contributed by atoms with Crippen molar-refractivity contribution >= 4 is 15.7 Å². The molecule has 1 N–H and O–H groups in total. The molecule has 1 aromatic rings. The number of para-hydroxylation sites is 1. The standard InChI is InChI=1S/C13H18N2O4S/c1-10(11-6-4-7-11)14-20(18,19)9-12-5-2-3-8-13(12)15(16)17/h2-3,5,8,10-11,14H,4,6-7,9H2,1H3/t10-/m0/s1. The summed E-state index contributed by atoms with van der Waals surface area (Å²) in [7, 11) is -3.57. The Bertz CT molecular complexity index is 596. The average molecular weight is 298 g/mol. The maximum absolute atomic E-state index is 12.1. The Balaban J connectivity index is 2.09. The number of nitrogens with zero attached hydrogens (tertiary/aromatic N) is 1. The fourth-order valence-electron chi connectivity index (χ4n) is 2.38. The predicted octanol–water partition coefficient (Wildman–Crippen LogP) is 2.20. The minimum atomic E-state index is -3.57. The van der Waals surface area contributed by atoms with Crippen molar-refractivity contribution in [2.75, 3.05) is 0 Å². The minimum absolute atomic E-state index is 0.114. The molecule has 7 heteroatoms. The van der Waals surface area contributed by atoms with E-state index in [-0.39, 0.29) is 23.0 Å². The van der Waals surface area contributed by atoms with Crippen molar-refractivity contribution < 1.29 is 13.3 Å². The number of benzene rings is 1. The molecule has 2 rings (SSSR count). The first-order valence-corrected chi connectivity index (χ1v) is 8.26. The van der Waals surface area contributed by atoms with Gasteiger partial charge in [-0.3, -0.25) is 10.1 Å². The van der Waals surface area contributed by atoms with E-state index in [1.807, 2.05) is 6.92 Å². The molecule has 1 saturated carbocycles. The molecule has 6 nitrogen and oxygen atoms in total. The van der Waals surface area contributed by atoms with Crippen LogP contribution in [0, 0.1) is 16.0 Å².